The fraction of sp³-hybridized carbons (Fsp3) is 0.600. The lowest BCUT2D eigenvalue weighted by molar-refractivity contribution is 0.0811. The first-order valence-electron chi connectivity index (χ1n) is 6.83. The zero-order valence-electron chi connectivity index (χ0n) is 11.3. The van der Waals surface area contributed by atoms with Gasteiger partial charge in [0.15, 0.2) is 0 Å². The summed E-state index contributed by atoms with van der Waals surface area (Å²) < 4.78 is 13.3. The van der Waals surface area contributed by atoms with E-state index in [1.807, 2.05) is 6.07 Å². The molecule has 2 nitrogen and oxygen atoms in total. The molecule has 2 rings (SSSR count). The first kappa shape index (κ1) is 13.5. The third-order valence-corrected chi connectivity index (χ3v) is 4.19. The Morgan fingerprint density at radius 1 is 1.44 bits per heavy atom. The van der Waals surface area contributed by atoms with Crippen molar-refractivity contribution in [3.8, 4) is 0 Å². The van der Waals surface area contributed by atoms with Crippen LogP contribution in [0.2, 0.25) is 0 Å². The molecular formula is C15H23FN2. The molecule has 0 radical (unpaired) electrons. The molecule has 1 aromatic carbocycles. The molecule has 18 heavy (non-hydrogen) atoms. The summed E-state index contributed by atoms with van der Waals surface area (Å²) in [5, 5.41) is 0. The molecule has 100 valence electrons. The highest BCUT2D eigenvalue weighted by atomic mass is 19.1. The van der Waals surface area contributed by atoms with Gasteiger partial charge in [0.2, 0.25) is 0 Å². The zero-order valence-corrected chi connectivity index (χ0v) is 11.3. The van der Waals surface area contributed by atoms with E-state index in [9.17, 15) is 4.39 Å². The second-order valence-electron chi connectivity index (χ2n) is 5.46. The molecule has 1 heterocycles. The molecule has 0 aliphatic carbocycles. The minimum atomic E-state index is -0.153. The van der Waals surface area contributed by atoms with Gasteiger partial charge >= 0.3 is 0 Å². The maximum atomic E-state index is 13.3. The molecule has 3 atom stereocenters. The average Bonchev–Trinajstić information content (AvgIpc) is 2.38. The Morgan fingerprint density at radius 2 is 2.22 bits per heavy atom. The van der Waals surface area contributed by atoms with Crippen molar-refractivity contribution < 1.29 is 4.39 Å². The predicted molar refractivity (Wildman–Crippen MR) is 72.8 cm³/mol. The third-order valence-electron chi connectivity index (χ3n) is 4.19. The summed E-state index contributed by atoms with van der Waals surface area (Å²) in [7, 11) is 0. The van der Waals surface area contributed by atoms with Crippen LogP contribution >= 0.6 is 0 Å². The monoisotopic (exact) mass is 250 g/mol. The van der Waals surface area contributed by atoms with Crippen molar-refractivity contribution in [1.82, 2.24) is 4.90 Å². The molecule has 2 N–H and O–H groups in total. The molecule has 0 bridgehead atoms. The summed E-state index contributed by atoms with van der Waals surface area (Å²) in [6, 6.07) is 7.74. The van der Waals surface area contributed by atoms with Crippen LogP contribution in [0, 0.1) is 11.7 Å². The van der Waals surface area contributed by atoms with E-state index in [1.54, 1.807) is 12.1 Å². The molecule has 1 saturated heterocycles. The Hall–Kier alpha value is -0.930. The largest absolute Gasteiger partial charge is 0.330 e. The highest BCUT2D eigenvalue weighted by Crippen LogP contribution is 2.30. The Morgan fingerprint density at radius 3 is 2.89 bits per heavy atom. The number of nitrogens with two attached hydrogens (primary N) is 1. The molecule has 1 aliphatic heterocycles. The van der Waals surface area contributed by atoms with E-state index in [4.69, 9.17) is 5.73 Å². The maximum Gasteiger partial charge on any atom is 0.123 e. The number of likely N-dealkylation sites (tertiary alicyclic amines) is 1. The molecule has 3 heteroatoms. The number of benzene rings is 1. The summed E-state index contributed by atoms with van der Waals surface area (Å²) in [6.07, 6.45) is 2.39. The third kappa shape index (κ3) is 2.90. The Kier molecular flexibility index (Phi) is 4.36. The van der Waals surface area contributed by atoms with Gasteiger partial charge in [-0.05, 0) is 56.8 Å². The topological polar surface area (TPSA) is 29.3 Å². The lowest BCUT2D eigenvalue weighted by Gasteiger charge is -2.41. The van der Waals surface area contributed by atoms with Gasteiger partial charge in [0.05, 0.1) is 0 Å². The van der Waals surface area contributed by atoms with Gasteiger partial charge in [-0.3, -0.25) is 4.90 Å². The second kappa shape index (κ2) is 5.81. The first-order valence-corrected chi connectivity index (χ1v) is 6.83. The quantitative estimate of drug-likeness (QED) is 0.893. The lowest BCUT2D eigenvalue weighted by Crippen LogP contribution is -2.45. The lowest BCUT2D eigenvalue weighted by atomic mass is 9.91. The Bertz CT molecular complexity index is 394. The van der Waals surface area contributed by atoms with Crippen LogP contribution in [0.5, 0.6) is 0 Å². The van der Waals surface area contributed by atoms with E-state index >= 15 is 0 Å². The van der Waals surface area contributed by atoms with E-state index in [2.05, 4.69) is 18.7 Å². The van der Waals surface area contributed by atoms with Crippen LogP contribution in [0.3, 0.4) is 0 Å². The van der Waals surface area contributed by atoms with Crippen molar-refractivity contribution in [3.05, 3.63) is 35.6 Å². The molecular weight excluding hydrogens is 227 g/mol. The molecule has 0 amide bonds. The second-order valence-corrected chi connectivity index (χ2v) is 5.46. The zero-order chi connectivity index (χ0) is 13.1. The molecule has 0 saturated carbocycles. The highest BCUT2D eigenvalue weighted by Gasteiger charge is 2.28. The number of nitrogens with zero attached hydrogens (tertiary/aromatic N) is 1. The summed E-state index contributed by atoms with van der Waals surface area (Å²) >= 11 is 0. The van der Waals surface area contributed by atoms with Crippen molar-refractivity contribution in [2.24, 2.45) is 11.7 Å². The molecule has 1 aromatic rings. The first-order chi connectivity index (χ1) is 8.61. The van der Waals surface area contributed by atoms with Crippen molar-refractivity contribution in [2.75, 3.05) is 13.1 Å². The molecule has 0 aromatic heterocycles. The van der Waals surface area contributed by atoms with E-state index in [-0.39, 0.29) is 11.9 Å². The standard InChI is InChI=1S/C15H23FN2/c1-11-6-7-13(9-17)10-18(11)12(2)14-4-3-5-15(16)8-14/h3-5,8,11-13H,6-7,9-10,17H2,1-2H3. The number of piperidine rings is 1. The normalized spacial score (nSPS) is 27.1. The van der Waals surface area contributed by atoms with Gasteiger partial charge in [0.25, 0.3) is 0 Å². The summed E-state index contributed by atoms with van der Waals surface area (Å²) in [5.74, 6) is 0.427. The average molecular weight is 250 g/mol. The van der Waals surface area contributed by atoms with Crippen molar-refractivity contribution >= 4 is 0 Å². The van der Waals surface area contributed by atoms with Crippen molar-refractivity contribution in [3.63, 3.8) is 0 Å². The van der Waals surface area contributed by atoms with Crippen LogP contribution < -0.4 is 5.73 Å². The van der Waals surface area contributed by atoms with Gasteiger partial charge in [0, 0.05) is 18.6 Å². The Balaban J connectivity index is 2.13. The van der Waals surface area contributed by atoms with Gasteiger partial charge in [-0.2, -0.15) is 0 Å². The summed E-state index contributed by atoms with van der Waals surface area (Å²) in [6.45, 7) is 6.18. The van der Waals surface area contributed by atoms with Gasteiger partial charge in [-0.25, -0.2) is 4.39 Å². The summed E-state index contributed by atoms with van der Waals surface area (Å²) in [5.41, 5.74) is 6.84. The van der Waals surface area contributed by atoms with Crippen molar-refractivity contribution in [2.45, 2.75) is 38.8 Å². The van der Waals surface area contributed by atoms with Crippen LogP contribution in [0.1, 0.15) is 38.3 Å². The SMILES string of the molecule is CC1CCC(CN)CN1C(C)c1cccc(F)c1. The van der Waals surface area contributed by atoms with Crippen LogP contribution in [-0.2, 0) is 0 Å². The Labute approximate surface area is 109 Å². The highest BCUT2D eigenvalue weighted by molar-refractivity contribution is 5.20. The number of rotatable bonds is 3. The van der Waals surface area contributed by atoms with Gasteiger partial charge in [0.1, 0.15) is 5.82 Å². The maximum absolute atomic E-state index is 13.3. The molecule has 3 unspecified atom stereocenters. The van der Waals surface area contributed by atoms with Crippen LogP contribution in [0.25, 0.3) is 0 Å². The number of halogens is 1. The number of hydrogen-bond acceptors (Lipinski definition) is 2. The van der Waals surface area contributed by atoms with Crippen LogP contribution in [0.4, 0.5) is 4.39 Å². The van der Waals surface area contributed by atoms with E-state index in [0.717, 1.165) is 18.7 Å². The van der Waals surface area contributed by atoms with E-state index in [1.165, 1.54) is 18.9 Å². The van der Waals surface area contributed by atoms with Crippen LogP contribution in [0.15, 0.2) is 24.3 Å². The van der Waals surface area contributed by atoms with Gasteiger partial charge in [-0.1, -0.05) is 12.1 Å². The fourth-order valence-electron chi connectivity index (χ4n) is 2.90. The van der Waals surface area contributed by atoms with Gasteiger partial charge in [-0.15, -0.1) is 0 Å². The minimum absolute atomic E-state index is 0.153. The molecule has 1 fully saturated rings. The molecule has 1 aliphatic rings. The van der Waals surface area contributed by atoms with E-state index in [0.29, 0.717) is 12.0 Å². The van der Waals surface area contributed by atoms with Crippen LogP contribution in [-0.4, -0.2) is 24.0 Å². The van der Waals surface area contributed by atoms with E-state index < -0.39 is 0 Å². The molecule has 0 spiro atoms. The fourth-order valence-corrected chi connectivity index (χ4v) is 2.90. The summed E-state index contributed by atoms with van der Waals surface area (Å²) in [4.78, 5) is 2.45. The van der Waals surface area contributed by atoms with Gasteiger partial charge < -0.3 is 5.73 Å². The smallest absolute Gasteiger partial charge is 0.123 e. The number of hydrogen-bond donors (Lipinski definition) is 1. The predicted octanol–water partition coefficient (Wildman–Crippen LogP) is 2.95. The minimum Gasteiger partial charge on any atom is -0.330 e. The van der Waals surface area contributed by atoms with Crippen molar-refractivity contribution in [1.29, 1.82) is 0 Å².